The van der Waals surface area contributed by atoms with Crippen LogP contribution in [0.3, 0.4) is 0 Å². The normalized spacial score (nSPS) is 13.0. The van der Waals surface area contributed by atoms with E-state index in [0.29, 0.717) is 5.56 Å². The average Bonchev–Trinajstić information content (AvgIpc) is 2.89. The Morgan fingerprint density at radius 2 is 1.08 bits per heavy atom. The van der Waals surface area contributed by atoms with E-state index >= 15 is 0 Å². The number of carbonyl (C=O) groups excluding carboxylic acids is 4. The molecular weight excluding hydrogens is 468 g/mol. The summed E-state index contributed by atoms with van der Waals surface area (Å²) in [6.45, 7) is 1.67. The second kappa shape index (κ2) is 13.6. The molecule has 3 aromatic carbocycles. The number of benzene rings is 3. The van der Waals surface area contributed by atoms with Gasteiger partial charge in [-0.3, -0.25) is 19.2 Å². The van der Waals surface area contributed by atoms with Crippen molar-refractivity contribution in [2.24, 2.45) is 5.73 Å². The van der Waals surface area contributed by atoms with Gasteiger partial charge in [-0.1, -0.05) is 78.9 Å². The summed E-state index contributed by atoms with van der Waals surface area (Å²) in [5, 5.41) is 8.38. The van der Waals surface area contributed by atoms with Crippen LogP contribution in [0.5, 0.6) is 0 Å². The smallest absolute Gasteiger partial charge is 0.251 e. The lowest BCUT2D eigenvalue weighted by Crippen LogP contribution is -2.56. The molecule has 37 heavy (non-hydrogen) atoms. The van der Waals surface area contributed by atoms with Gasteiger partial charge in [-0.05, 0) is 30.2 Å². The Kier molecular flexibility index (Phi) is 9.96. The van der Waals surface area contributed by atoms with Gasteiger partial charge < -0.3 is 21.7 Å². The molecule has 0 bridgehead atoms. The molecule has 0 radical (unpaired) electrons. The first-order chi connectivity index (χ1) is 17.8. The van der Waals surface area contributed by atoms with Crippen molar-refractivity contribution in [3.05, 3.63) is 108 Å². The van der Waals surface area contributed by atoms with Gasteiger partial charge in [0.1, 0.15) is 12.1 Å². The maximum Gasteiger partial charge on any atom is 0.251 e. The number of nitrogens with one attached hydrogen (secondary N) is 3. The standard InChI is InChI=1S/C29H32N4O4/c1-20(17-26(30)34)31-28(36)24(18-21-11-5-2-6-12-21)33-29(37)25(19-22-13-7-3-8-14-22)32-27(35)23-15-9-4-10-16-23/h2-16,20,24-25H,17-19H2,1H3,(H2,30,34)(H,31,36)(H,32,35)(H,33,37)/t20?,24?,25-/m0/s1. The molecule has 0 heterocycles. The summed E-state index contributed by atoms with van der Waals surface area (Å²) in [5.74, 6) is -1.87. The van der Waals surface area contributed by atoms with Crippen LogP contribution in [-0.4, -0.2) is 41.8 Å². The highest BCUT2D eigenvalue weighted by Gasteiger charge is 2.28. The van der Waals surface area contributed by atoms with Crippen molar-refractivity contribution in [1.29, 1.82) is 0 Å². The molecule has 192 valence electrons. The summed E-state index contributed by atoms with van der Waals surface area (Å²) in [5.41, 5.74) is 7.38. The number of amides is 4. The first kappa shape index (κ1) is 27.1. The lowest BCUT2D eigenvalue weighted by molar-refractivity contribution is -0.130. The van der Waals surface area contributed by atoms with Crippen molar-refractivity contribution in [3.8, 4) is 0 Å². The molecular formula is C29H32N4O4. The first-order valence-corrected chi connectivity index (χ1v) is 12.1. The van der Waals surface area contributed by atoms with E-state index in [1.807, 2.05) is 60.7 Å². The van der Waals surface area contributed by atoms with Crippen LogP contribution in [0.2, 0.25) is 0 Å². The van der Waals surface area contributed by atoms with Crippen molar-refractivity contribution in [2.75, 3.05) is 0 Å². The first-order valence-electron chi connectivity index (χ1n) is 12.1. The van der Waals surface area contributed by atoms with Gasteiger partial charge in [-0.15, -0.1) is 0 Å². The fourth-order valence-corrected chi connectivity index (χ4v) is 3.92. The van der Waals surface area contributed by atoms with Crippen molar-refractivity contribution in [2.45, 2.75) is 44.3 Å². The van der Waals surface area contributed by atoms with E-state index < -0.39 is 41.8 Å². The molecule has 8 nitrogen and oxygen atoms in total. The third kappa shape index (κ3) is 8.92. The van der Waals surface area contributed by atoms with Crippen molar-refractivity contribution < 1.29 is 19.2 Å². The highest BCUT2D eigenvalue weighted by Crippen LogP contribution is 2.09. The van der Waals surface area contributed by atoms with Crippen LogP contribution in [0, 0.1) is 0 Å². The number of primary amides is 1. The van der Waals surface area contributed by atoms with E-state index in [1.165, 1.54) is 0 Å². The third-order valence-corrected chi connectivity index (χ3v) is 5.75. The van der Waals surface area contributed by atoms with Gasteiger partial charge in [0.25, 0.3) is 5.91 Å². The molecule has 0 saturated heterocycles. The Balaban J connectivity index is 1.81. The summed E-state index contributed by atoms with van der Waals surface area (Å²) >= 11 is 0. The average molecular weight is 501 g/mol. The summed E-state index contributed by atoms with van der Waals surface area (Å²) in [7, 11) is 0. The predicted molar refractivity (Wildman–Crippen MR) is 141 cm³/mol. The molecule has 0 fully saturated rings. The van der Waals surface area contributed by atoms with Crippen LogP contribution < -0.4 is 21.7 Å². The number of nitrogens with two attached hydrogens (primary N) is 1. The number of hydrogen-bond donors (Lipinski definition) is 4. The zero-order valence-corrected chi connectivity index (χ0v) is 20.7. The van der Waals surface area contributed by atoms with Crippen LogP contribution in [0.1, 0.15) is 34.8 Å². The van der Waals surface area contributed by atoms with Crippen LogP contribution in [-0.2, 0) is 27.2 Å². The molecule has 8 heteroatoms. The fraction of sp³-hybridized carbons (Fsp3) is 0.241. The second-order valence-electron chi connectivity index (χ2n) is 8.91. The SMILES string of the molecule is CC(CC(N)=O)NC(=O)C(Cc1ccccc1)NC(=O)[C@H](Cc1ccccc1)NC(=O)c1ccccc1. The zero-order chi connectivity index (χ0) is 26.6. The molecule has 3 aromatic rings. The number of rotatable bonds is 12. The van der Waals surface area contributed by atoms with Crippen molar-refractivity contribution in [1.82, 2.24) is 16.0 Å². The molecule has 0 aromatic heterocycles. The maximum absolute atomic E-state index is 13.5. The van der Waals surface area contributed by atoms with Gasteiger partial charge in [0, 0.05) is 30.9 Å². The van der Waals surface area contributed by atoms with E-state index in [4.69, 9.17) is 5.73 Å². The number of carbonyl (C=O) groups is 4. The van der Waals surface area contributed by atoms with E-state index in [1.54, 1.807) is 37.3 Å². The van der Waals surface area contributed by atoms with Crippen LogP contribution in [0.4, 0.5) is 0 Å². The summed E-state index contributed by atoms with van der Waals surface area (Å²) < 4.78 is 0. The lowest BCUT2D eigenvalue weighted by Gasteiger charge is -2.25. The van der Waals surface area contributed by atoms with E-state index in [0.717, 1.165) is 11.1 Å². The van der Waals surface area contributed by atoms with Gasteiger partial charge in [-0.25, -0.2) is 0 Å². The van der Waals surface area contributed by atoms with E-state index in [2.05, 4.69) is 16.0 Å². The van der Waals surface area contributed by atoms with Gasteiger partial charge >= 0.3 is 0 Å². The molecule has 0 aliphatic rings. The molecule has 0 aliphatic carbocycles. The molecule has 3 atom stereocenters. The maximum atomic E-state index is 13.5. The zero-order valence-electron chi connectivity index (χ0n) is 20.7. The van der Waals surface area contributed by atoms with Gasteiger partial charge in [0.2, 0.25) is 17.7 Å². The van der Waals surface area contributed by atoms with Crippen molar-refractivity contribution in [3.63, 3.8) is 0 Å². The van der Waals surface area contributed by atoms with Crippen LogP contribution in [0.25, 0.3) is 0 Å². The monoisotopic (exact) mass is 500 g/mol. The Morgan fingerprint density at radius 1 is 0.649 bits per heavy atom. The second-order valence-corrected chi connectivity index (χ2v) is 8.91. The number of hydrogen-bond acceptors (Lipinski definition) is 4. The highest BCUT2D eigenvalue weighted by molar-refractivity contribution is 5.98. The van der Waals surface area contributed by atoms with Crippen LogP contribution in [0.15, 0.2) is 91.0 Å². The topological polar surface area (TPSA) is 130 Å². The molecule has 0 spiro atoms. The molecule has 3 rings (SSSR count). The Bertz CT molecular complexity index is 1190. The summed E-state index contributed by atoms with van der Waals surface area (Å²) in [6.07, 6.45) is 0.441. The summed E-state index contributed by atoms with van der Waals surface area (Å²) in [4.78, 5) is 50.8. The lowest BCUT2D eigenvalue weighted by atomic mass is 10.0. The van der Waals surface area contributed by atoms with Gasteiger partial charge in [0.15, 0.2) is 0 Å². The Hall–Kier alpha value is -4.46. The summed E-state index contributed by atoms with van der Waals surface area (Å²) in [6, 6.07) is 24.9. The minimum atomic E-state index is -0.933. The fourth-order valence-electron chi connectivity index (χ4n) is 3.92. The molecule has 4 amide bonds. The van der Waals surface area contributed by atoms with E-state index in [-0.39, 0.29) is 19.3 Å². The van der Waals surface area contributed by atoms with Crippen LogP contribution >= 0.6 is 0 Å². The largest absolute Gasteiger partial charge is 0.370 e. The minimum Gasteiger partial charge on any atom is -0.370 e. The predicted octanol–water partition coefficient (Wildman–Crippen LogP) is 2.14. The Morgan fingerprint density at radius 3 is 1.57 bits per heavy atom. The quantitative estimate of drug-likeness (QED) is 0.303. The highest BCUT2D eigenvalue weighted by atomic mass is 16.2. The molecule has 5 N–H and O–H groups in total. The van der Waals surface area contributed by atoms with Crippen molar-refractivity contribution >= 4 is 23.6 Å². The molecule has 0 saturated carbocycles. The van der Waals surface area contributed by atoms with E-state index in [9.17, 15) is 19.2 Å². The molecule has 2 unspecified atom stereocenters. The minimum absolute atomic E-state index is 0.0263. The third-order valence-electron chi connectivity index (χ3n) is 5.75. The Labute approximate surface area is 216 Å². The van der Waals surface area contributed by atoms with Gasteiger partial charge in [-0.2, -0.15) is 0 Å². The molecule has 0 aliphatic heterocycles. The van der Waals surface area contributed by atoms with Gasteiger partial charge in [0.05, 0.1) is 0 Å².